The highest BCUT2D eigenvalue weighted by Crippen LogP contribution is 2.13. The largest absolute Gasteiger partial charge is 0.465 e. The Morgan fingerprint density at radius 1 is 1.57 bits per heavy atom. The van der Waals surface area contributed by atoms with Gasteiger partial charge >= 0.3 is 5.97 Å². The maximum atomic E-state index is 11.4. The van der Waals surface area contributed by atoms with Gasteiger partial charge in [0.2, 0.25) is 0 Å². The first-order valence-corrected chi connectivity index (χ1v) is 5.15. The highest BCUT2D eigenvalue weighted by molar-refractivity contribution is 5.85. The van der Waals surface area contributed by atoms with Crippen LogP contribution < -0.4 is 5.32 Å². The lowest BCUT2D eigenvalue weighted by molar-refractivity contribution is -0.142. The second-order valence-corrected chi connectivity index (χ2v) is 3.45. The monoisotopic (exact) mass is 199 g/mol. The number of carbonyl (C=O) groups is 2. The van der Waals surface area contributed by atoms with Gasteiger partial charge in [0.25, 0.3) is 0 Å². The molecule has 1 rings (SSSR count). The Morgan fingerprint density at radius 2 is 2.36 bits per heavy atom. The van der Waals surface area contributed by atoms with E-state index in [0.29, 0.717) is 13.0 Å². The quantitative estimate of drug-likeness (QED) is 0.675. The van der Waals surface area contributed by atoms with Crippen LogP contribution in [0.25, 0.3) is 0 Å². The first-order chi connectivity index (χ1) is 6.74. The summed E-state index contributed by atoms with van der Waals surface area (Å²) in [6.07, 6.45) is 3.53. The van der Waals surface area contributed by atoms with Crippen molar-refractivity contribution in [3.63, 3.8) is 0 Å². The average molecular weight is 199 g/mol. The van der Waals surface area contributed by atoms with Gasteiger partial charge in [0.15, 0.2) is 0 Å². The van der Waals surface area contributed by atoms with Gasteiger partial charge in [0.1, 0.15) is 5.78 Å². The van der Waals surface area contributed by atoms with Gasteiger partial charge in [0.05, 0.1) is 19.2 Å². The van der Waals surface area contributed by atoms with Crippen molar-refractivity contribution < 1.29 is 14.3 Å². The smallest absolute Gasteiger partial charge is 0.319 e. The Hall–Kier alpha value is -0.900. The van der Waals surface area contributed by atoms with Crippen LogP contribution in [0.5, 0.6) is 0 Å². The molecule has 0 radical (unpaired) electrons. The number of rotatable bonds is 4. The van der Waals surface area contributed by atoms with Crippen molar-refractivity contribution in [2.24, 2.45) is 0 Å². The van der Waals surface area contributed by atoms with Crippen LogP contribution in [0.4, 0.5) is 0 Å². The third-order valence-electron chi connectivity index (χ3n) is 2.35. The second kappa shape index (κ2) is 5.75. The normalized spacial score (nSPS) is 22.1. The zero-order valence-corrected chi connectivity index (χ0v) is 8.54. The van der Waals surface area contributed by atoms with Crippen molar-refractivity contribution >= 4 is 11.8 Å². The zero-order valence-electron chi connectivity index (χ0n) is 8.54. The number of Topliss-reactive ketones (excluding diaryl/α,β-unsaturated/α-hetero) is 1. The van der Waals surface area contributed by atoms with Crippen LogP contribution in [-0.2, 0) is 14.3 Å². The van der Waals surface area contributed by atoms with E-state index in [2.05, 4.69) is 5.32 Å². The molecule has 0 heterocycles. The van der Waals surface area contributed by atoms with E-state index >= 15 is 0 Å². The predicted molar refractivity (Wildman–Crippen MR) is 51.9 cm³/mol. The molecule has 14 heavy (non-hydrogen) atoms. The van der Waals surface area contributed by atoms with Gasteiger partial charge in [-0.15, -0.1) is 0 Å². The molecular weight excluding hydrogens is 182 g/mol. The average Bonchev–Trinajstić information content (AvgIpc) is 2.17. The minimum absolute atomic E-state index is 0.131. The molecule has 1 saturated carbocycles. The highest BCUT2D eigenvalue weighted by Gasteiger charge is 2.22. The van der Waals surface area contributed by atoms with Crippen LogP contribution in [0.15, 0.2) is 0 Å². The molecule has 0 aliphatic heterocycles. The van der Waals surface area contributed by atoms with Gasteiger partial charge in [-0.2, -0.15) is 0 Å². The van der Waals surface area contributed by atoms with Crippen molar-refractivity contribution in [2.75, 3.05) is 13.2 Å². The maximum Gasteiger partial charge on any atom is 0.319 e. The van der Waals surface area contributed by atoms with Crippen LogP contribution in [0, 0.1) is 0 Å². The first-order valence-electron chi connectivity index (χ1n) is 5.15. The zero-order chi connectivity index (χ0) is 10.4. The number of esters is 1. The lowest BCUT2D eigenvalue weighted by Crippen LogP contribution is -2.41. The lowest BCUT2D eigenvalue weighted by atomic mass is 9.94. The number of hydrogen-bond donors (Lipinski definition) is 1. The van der Waals surface area contributed by atoms with E-state index in [4.69, 9.17) is 4.74 Å². The number of ether oxygens (including phenoxy) is 1. The molecule has 0 saturated heterocycles. The van der Waals surface area contributed by atoms with Crippen LogP contribution in [0.2, 0.25) is 0 Å². The molecule has 1 N–H and O–H groups in total. The molecule has 4 nitrogen and oxygen atoms in total. The summed E-state index contributed by atoms with van der Waals surface area (Å²) in [4.78, 5) is 22.3. The van der Waals surface area contributed by atoms with Crippen molar-refractivity contribution in [1.82, 2.24) is 5.32 Å². The summed E-state index contributed by atoms with van der Waals surface area (Å²) in [7, 11) is 0. The molecule has 0 bridgehead atoms. The molecular formula is C10H17NO3. The predicted octanol–water partition coefficient (Wildman–Crippen LogP) is 0.651. The molecule has 0 aromatic carbocycles. The first kappa shape index (κ1) is 11.2. The van der Waals surface area contributed by atoms with Gasteiger partial charge in [-0.1, -0.05) is 6.42 Å². The topological polar surface area (TPSA) is 55.4 Å². The van der Waals surface area contributed by atoms with Gasteiger partial charge in [-0.05, 0) is 19.8 Å². The second-order valence-electron chi connectivity index (χ2n) is 3.45. The van der Waals surface area contributed by atoms with Crippen LogP contribution in [0.1, 0.15) is 32.6 Å². The Labute approximate surface area is 84.0 Å². The fraction of sp³-hybridized carbons (Fsp3) is 0.800. The summed E-state index contributed by atoms with van der Waals surface area (Å²) in [6.45, 7) is 2.30. The molecule has 80 valence electrons. The van der Waals surface area contributed by atoms with E-state index in [1.165, 1.54) is 0 Å². The van der Waals surface area contributed by atoms with Crippen molar-refractivity contribution in [2.45, 2.75) is 38.6 Å². The third kappa shape index (κ3) is 3.46. The molecule has 1 atom stereocenters. The maximum absolute atomic E-state index is 11.4. The minimum Gasteiger partial charge on any atom is -0.465 e. The molecule has 0 aromatic rings. The number of hydrogen-bond acceptors (Lipinski definition) is 4. The summed E-state index contributed by atoms with van der Waals surface area (Å²) in [5.41, 5.74) is 0. The highest BCUT2D eigenvalue weighted by atomic mass is 16.5. The summed E-state index contributed by atoms with van der Waals surface area (Å²) >= 11 is 0. The Balaban J connectivity index is 2.22. The Bertz CT molecular complexity index is 215. The summed E-state index contributed by atoms with van der Waals surface area (Å²) in [5.74, 6) is -0.0635. The van der Waals surface area contributed by atoms with Crippen molar-refractivity contribution in [1.29, 1.82) is 0 Å². The Morgan fingerprint density at radius 3 is 3.00 bits per heavy atom. The fourth-order valence-corrected chi connectivity index (χ4v) is 1.62. The number of carbonyl (C=O) groups excluding carboxylic acids is 2. The van der Waals surface area contributed by atoms with Crippen LogP contribution >= 0.6 is 0 Å². The van der Waals surface area contributed by atoms with E-state index in [1.807, 2.05) is 0 Å². The fourth-order valence-electron chi connectivity index (χ4n) is 1.62. The number of ketones is 1. The van der Waals surface area contributed by atoms with Gasteiger partial charge in [-0.25, -0.2) is 0 Å². The SMILES string of the molecule is CCOC(=O)CN[C@H]1CCCCC1=O. The van der Waals surface area contributed by atoms with E-state index in [1.54, 1.807) is 6.92 Å². The van der Waals surface area contributed by atoms with Crippen molar-refractivity contribution in [3.05, 3.63) is 0 Å². The summed E-state index contributed by atoms with van der Waals surface area (Å²) in [6, 6.07) is -0.131. The standard InChI is InChI=1S/C10H17NO3/c1-2-14-10(13)7-11-8-5-3-4-6-9(8)12/h8,11H,2-7H2,1H3/t8-/m0/s1. The molecule has 0 aromatic heterocycles. The molecule has 0 amide bonds. The number of nitrogens with one attached hydrogen (secondary N) is 1. The van der Waals surface area contributed by atoms with Crippen LogP contribution in [-0.4, -0.2) is 30.9 Å². The lowest BCUT2D eigenvalue weighted by Gasteiger charge is -2.20. The van der Waals surface area contributed by atoms with Gasteiger partial charge < -0.3 is 4.74 Å². The summed E-state index contributed by atoms with van der Waals surface area (Å²) in [5, 5.41) is 2.93. The third-order valence-corrected chi connectivity index (χ3v) is 2.35. The Kier molecular flexibility index (Phi) is 4.59. The van der Waals surface area contributed by atoms with Gasteiger partial charge in [0, 0.05) is 6.42 Å². The molecule has 0 unspecified atom stereocenters. The minimum atomic E-state index is -0.286. The molecule has 1 fully saturated rings. The van der Waals surface area contributed by atoms with Gasteiger partial charge in [-0.3, -0.25) is 14.9 Å². The van der Waals surface area contributed by atoms with E-state index in [-0.39, 0.29) is 24.3 Å². The van der Waals surface area contributed by atoms with Crippen molar-refractivity contribution in [3.8, 4) is 0 Å². The molecule has 4 heteroatoms. The molecule has 0 spiro atoms. The van der Waals surface area contributed by atoms with E-state index < -0.39 is 0 Å². The van der Waals surface area contributed by atoms with Crippen LogP contribution in [0.3, 0.4) is 0 Å². The molecule has 1 aliphatic rings. The summed E-state index contributed by atoms with van der Waals surface area (Å²) < 4.78 is 4.76. The van der Waals surface area contributed by atoms with E-state index in [9.17, 15) is 9.59 Å². The molecule has 1 aliphatic carbocycles. The van der Waals surface area contributed by atoms with E-state index in [0.717, 1.165) is 19.3 Å².